The van der Waals surface area contributed by atoms with Crippen LogP contribution in [0.15, 0.2) is 67.0 Å². The van der Waals surface area contributed by atoms with Crippen molar-refractivity contribution in [3.05, 3.63) is 78.1 Å². The summed E-state index contributed by atoms with van der Waals surface area (Å²) in [5.41, 5.74) is 0.0866. The Labute approximate surface area is 159 Å². The van der Waals surface area contributed by atoms with Gasteiger partial charge in [-0.3, -0.25) is 9.78 Å². The Balaban J connectivity index is 1.78. The molecule has 0 atom stereocenters. The predicted molar refractivity (Wildman–Crippen MR) is 99.9 cm³/mol. The number of benzene rings is 2. The fourth-order valence-corrected chi connectivity index (χ4v) is 2.50. The second-order valence-electron chi connectivity index (χ2n) is 5.81. The van der Waals surface area contributed by atoms with Gasteiger partial charge < -0.3 is 15.4 Å². The highest BCUT2D eigenvalue weighted by atomic mass is 19.4. The minimum absolute atomic E-state index is 0.121. The van der Waals surface area contributed by atoms with Crippen molar-refractivity contribution in [3.63, 3.8) is 0 Å². The number of carbonyl (C=O) groups excluding carboxylic acids is 1. The Bertz CT molecular complexity index is 973. The molecule has 3 rings (SSSR count). The molecule has 2 N–H and O–H groups in total. The van der Waals surface area contributed by atoms with Gasteiger partial charge in [0, 0.05) is 11.9 Å². The molecule has 0 unspecified atom stereocenters. The third-order valence-corrected chi connectivity index (χ3v) is 3.86. The largest absolute Gasteiger partial charge is 0.497 e. The van der Waals surface area contributed by atoms with Crippen molar-refractivity contribution in [1.29, 1.82) is 0 Å². The number of nitrogens with zero attached hydrogens (tertiary/aromatic N) is 1. The van der Waals surface area contributed by atoms with E-state index in [1.807, 2.05) is 0 Å². The fourth-order valence-electron chi connectivity index (χ4n) is 2.50. The van der Waals surface area contributed by atoms with Gasteiger partial charge in [-0.1, -0.05) is 12.1 Å². The second-order valence-corrected chi connectivity index (χ2v) is 5.81. The van der Waals surface area contributed by atoms with E-state index in [-0.39, 0.29) is 16.9 Å². The van der Waals surface area contributed by atoms with E-state index in [1.165, 1.54) is 43.8 Å². The number of methoxy groups -OCH3 is 1. The molecule has 0 bridgehead atoms. The summed E-state index contributed by atoms with van der Waals surface area (Å²) in [5.74, 6) is 0.208. The lowest BCUT2D eigenvalue weighted by Gasteiger charge is -2.14. The first-order valence-electron chi connectivity index (χ1n) is 8.20. The summed E-state index contributed by atoms with van der Waals surface area (Å²) >= 11 is 0. The van der Waals surface area contributed by atoms with Crippen molar-refractivity contribution in [2.24, 2.45) is 0 Å². The van der Waals surface area contributed by atoms with Crippen molar-refractivity contribution in [3.8, 4) is 5.75 Å². The van der Waals surface area contributed by atoms with E-state index in [4.69, 9.17) is 4.74 Å². The zero-order chi connectivity index (χ0) is 20.1. The number of hydrogen-bond donors (Lipinski definition) is 2. The molecule has 2 aromatic carbocycles. The Hall–Kier alpha value is -3.55. The SMILES string of the molecule is COc1ccc(NC(=O)c2cncc(Nc3ccccc3C(F)(F)F)c2)cc1. The first kappa shape index (κ1) is 19.2. The molecule has 0 aliphatic rings. The molecule has 28 heavy (non-hydrogen) atoms. The third-order valence-electron chi connectivity index (χ3n) is 3.86. The van der Waals surface area contributed by atoms with E-state index in [0.717, 1.165) is 6.07 Å². The van der Waals surface area contributed by atoms with Gasteiger partial charge in [0.05, 0.1) is 35.8 Å². The highest BCUT2D eigenvalue weighted by molar-refractivity contribution is 6.04. The molecular weight excluding hydrogens is 371 g/mol. The number of halogens is 3. The van der Waals surface area contributed by atoms with Crippen LogP contribution in [0.25, 0.3) is 0 Å². The Morgan fingerprint density at radius 3 is 2.39 bits per heavy atom. The molecule has 1 aromatic heterocycles. The Morgan fingerprint density at radius 1 is 1.00 bits per heavy atom. The highest BCUT2D eigenvalue weighted by Gasteiger charge is 2.33. The normalized spacial score (nSPS) is 11.0. The number of ether oxygens (including phenoxy) is 1. The highest BCUT2D eigenvalue weighted by Crippen LogP contribution is 2.35. The van der Waals surface area contributed by atoms with E-state index in [0.29, 0.717) is 11.4 Å². The molecule has 1 amide bonds. The monoisotopic (exact) mass is 387 g/mol. The maximum Gasteiger partial charge on any atom is 0.418 e. The summed E-state index contributed by atoms with van der Waals surface area (Å²) < 4.78 is 44.4. The van der Waals surface area contributed by atoms with E-state index < -0.39 is 17.6 Å². The van der Waals surface area contributed by atoms with Crippen molar-refractivity contribution in [1.82, 2.24) is 4.98 Å². The van der Waals surface area contributed by atoms with E-state index in [1.54, 1.807) is 24.3 Å². The van der Waals surface area contributed by atoms with Crippen LogP contribution in [0.5, 0.6) is 5.75 Å². The summed E-state index contributed by atoms with van der Waals surface area (Å²) in [6.45, 7) is 0. The van der Waals surface area contributed by atoms with E-state index >= 15 is 0 Å². The lowest BCUT2D eigenvalue weighted by atomic mass is 10.1. The summed E-state index contributed by atoms with van der Waals surface area (Å²) in [7, 11) is 1.54. The molecule has 0 aliphatic heterocycles. The minimum Gasteiger partial charge on any atom is -0.497 e. The average Bonchev–Trinajstić information content (AvgIpc) is 2.68. The van der Waals surface area contributed by atoms with Crippen molar-refractivity contribution in [2.45, 2.75) is 6.18 Å². The van der Waals surface area contributed by atoms with E-state index in [2.05, 4.69) is 15.6 Å². The summed E-state index contributed by atoms with van der Waals surface area (Å²) in [6, 6.07) is 13.3. The molecule has 0 saturated heterocycles. The van der Waals surface area contributed by atoms with E-state index in [9.17, 15) is 18.0 Å². The number of nitrogens with one attached hydrogen (secondary N) is 2. The summed E-state index contributed by atoms with van der Waals surface area (Å²) in [5, 5.41) is 5.37. The second kappa shape index (κ2) is 7.99. The fraction of sp³-hybridized carbons (Fsp3) is 0.100. The van der Waals surface area contributed by atoms with Gasteiger partial charge in [-0.25, -0.2) is 0 Å². The standard InChI is InChI=1S/C20H16F3N3O2/c1-28-16-8-6-14(7-9-16)26-19(27)13-10-15(12-24-11-13)25-18-5-3-2-4-17(18)20(21,22)23/h2-12,25H,1H3,(H,26,27). The molecule has 0 spiro atoms. The van der Waals surface area contributed by atoms with Crippen molar-refractivity contribution in [2.75, 3.05) is 17.7 Å². The maximum atomic E-state index is 13.1. The van der Waals surface area contributed by atoms with Crippen LogP contribution in [-0.2, 0) is 6.18 Å². The number of aromatic nitrogens is 1. The molecule has 1 heterocycles. The van der Waals surface area contributed by atoms with Crippen LogP contribution >= 0.6 is 0 Å². The lowest BCUT2D eigenvalue weighted by molar-refractivity contribution is -0.136. The third kappa shape index (κ3) is 4.59. The van der Waals surface area contributed by atoms with Gasteiger partial charge in [0.2, 0.25) is 0 Å². The lowest BCUT2D eigenvalue weighted by Crippen LogP contribution is -2.13. The van der Waals surface area contributed by atoms with Crippen LogP contribution in [0.1, 0.15) is 15.9 Å². The summed E-state index contributed by atoms with van der Waals surface area (Å²) in [4.78, 5) is 16.3. The number of carbonyl (C=O) groups is 1. The zero-order valence-corrected chi connectivity index (χ0v) is 14.7. The van der Waals surface area contributed by atoms with Crippen LogP contribution in [-0.4, -0.2) is 18.0 Å². The smallest absolute Gasteiger partial charge is 0.418 e. The number of hydrogen-bond acceptors (Lipinski definition) is 4. The number of amides is 1. The van der Waals surface area contributed by atoms with Crippen molar-refractivity contribution >= 4 is 23.0 Å². The molecular formula is C20H16F3N3O2. The maximum absolute atomic E-state index is 13.1. The van der Waals surface area contributed by atoms with Gasteiger partial charge in [0.15, 0.2) is 0 Å². The molecule has 5 nitrogen and oxygen atoms in total. The van der Waals surface area contributed by atoms with Crippen LogP contribution in [0.3, 0.4) is 0 Å². The first-order valence-corrected chi connectivity index (χ1v) is 8.20. The van der Waals surface area contributed by atoms with Crippen LogP contribution in [0.2, 0.25) is 0 Å². The Kier molecular flexibility index (Phi) is 5.49. The first-order chi connectivity index (χ1) is 13.4. The molecule has 0 fully saturated rings. The molecule has 8 heteroatoms. The van der Waals surface area contributed by atoms with Gasteiger partial charge in [-0.05, 0) is 42.5 Å². The van der Waals surface area contributed by atoms with Crippen molar-refractivity contribution < 1.29 is 22.7 Å². The zero-order valence-electron chi connectivity index (χ0n) is 14.7. The van der Waals surface area contributed by atoms with Crippen LogP contribution in [0.4, 0.5) is 30.2 Å². The van der Waals surface area contributed by atoms with Gasteiger partial charge in [-0.15, -0.1) is 0 Å². The van der Waals surface area contributed by atoms with Gasteiger partial charge in [0.1, 0.15) is 5.75 Å². The predicted octanol–water partition coefficient (Wildman–Crippen LogP) is 5.10. The van der Waals surface area contributed by atoms with Crippen LogP contribution < -0.4 is 15.4 Å². The Morgan fingerprint density at radius 2 is 1.71 bits per heavy atom. The molecule has 0 aliphatic carbocycles. The number of alkyl halides is 3. The van der Waals surface area contributed by atoms with Gasteiger partial charge >= 0.3 is 6.18 Å². The quantitative estimate of drug-likeness (QED) is 0.639. The van der Waals surface area contributed by atoms with Gasteiger partial charge in [0.25, 0.3) is 5.91 Å². The number of anilines is 3. The molecule has 0 radical (unpaired) electrons. The minimum atomic E-state index is -4.50. The number of rotatable bonds is 5. The van der Waals surface area contributed by atoms with Gasteiger partial charge in [-0.2, -0.15) is 13.2 Å². The number of para-hydroxylation sites is 1. The molecule has 3 aromatic rings. The number of pyridine rings is 1. The molecule has 0 saturated carbocycles. The summed E-state index contributed by atoms with van der Waals surface area (Å²) in [6.07, 6.45) is -1.82. The average molecular weight is 387 g/mol. The topological polar surface area (TPSA) is 63.2 Å². The molecule has 144 valence electrons. The van der Waals surface area contributed by atoms with Crippen LogP contribution in [0, 0.1) is 0 Å².